The van der Waals surface area contributed by atoms with E-state index in [4.69, 9.17) is 21.9 Å². The van der Waals surface area contributed by atoms with Crippen molar-refractivity contribution in [1.29, 1.82) is 0 Å². The van der Waals surface area contributed by atoms with Crippen LogP contribution in [-0.4, -0.2) is 59.3 Å². The molecule has 1 aromatic heterocycles. The van der Waals surface area contributed by atoms with Gasteiger partial charge in [-0.1, -0.05) is 28.9 Å². The van der Waals surface area contributed by atoms with Crippen LogP contribution >= 0.6 is 35.6 Å². The third-order valence-corrected chi connectivity index (χ3v) is 4.87. The first-order valence-electron chi connectivity index (χ1n) is 9.73. The number of likely N-dealkylation sites (tertiary alicyclic amines) is 1. The Morgan fingerprint density at radius 3 is 2.83 bits per heavy atom. The van der Waals surface area contributed by atoms with Gasteiger partial charge >= 0.3 is 6.03 Å². The quantitative estimate of drug-likeness (QED) is 0.290. The molecule has 11 heteroatoms. The standard InChI is InChI=1S/C19H26ClN7O2.HI/c1-2-22-19(24-15-7-10-27(11-8-15)18(21)28)23-9-6-16-25-17(26-29-16)13-4-3-5-14(20)12-13;/h3-5,12,15H,2,6-11H2,1H3,(H2,21,28)(H2,22,23,24);1H. The second-order valence-electron chi connectivity index (χ2n) is 6.78. The number of amides is 2. The van der Waals surface area contributed by atoms with Crippen LogP contribution < -0.4 is 16.4 Å². The summed E-state index contributed by atoms with van der Waals surface area (Å²) in [6, 6.07) is 7.22. The SMILES string of the molecule is CCNC(=NCCc1nc(-c2cccc(Cl)c2)no1)NC1CCN(C(N)=O)CC1.I. The first-order valence-corrected chi connectivity index (χ1v) is 10.1. The number of carbonyl (C=O) groups excluding carboxylic acids is 1. The van der Waals surface area contributed by atoms with Crippen molar-refractivity contribution in [3.05, 3.63) is 35.2 Å². The summed E-state index contributed by atoms with van der Waals surface area (Å²) >= 11 is 6.01. The summed E-state index contributed by atoms with van der Waals surface area (Å²) in [6.07, 6.45) is 2.20. The molecule has 2 heterocycles. The minimum atomic E-state index is -0.360. The third-order valence-electron chi connectivity index (χ3n) is 4.64. The van der Waals surface area contributed by atoms with Crippen LogP contribution in [0.2, 0.25) is 5.02 Å². The number of primary amides is 1. The van der Waals surface area contributed by atoms with Gasteiger partial charge < -0.3 is 25.8 Å². The summed E-state index contributed by atoms with van der Waals surface area (Å²) in [4.78, 5) is 21.9. The number of piperidine rings is 1. The van der Waals surface area contributed by atoms with Crippen molar-refractivity contribution in [2.45, 2.75) is 32.2 Å². The molecular formula is C19H27ClIN7O2. The lowest BCUT2D eigenvalue weighted by atomic mass is 10.1. The molecule has 0 aliphatic carbocycles. The predicted octanol–water partition coefficient (Wildman–Crippen LogP) is 2.65. The van der Waals surface area contributed by atoms with Crippen molar-refractivity contribution in [2.75, 3.05) is 26.2 Å². The molecule has 1 saturated heterocycles. The Morgan fingerprint density at radius 1 is 1.40 bits per heavy atom. The van der Waals surface area contributed by atoms with Gasteiger partial charge in [0.05, 0.1) is 6.54 Å². The summed E-state index contributed by atoms with van der Waals surface area (Å²) in [6.45, 7) is 4.58. The van der Waals surface area contributed by atoms with E-state index in [2.05, 4.69) is 25.8 Å². The molecule has 0 radical (unpaired) electrons. The highest BCUT2D eigenvalue weighted by molar-refractivity contribution is 14.0. The third kappa shape index (κ3) is 7.01. The number of nitrogens with one attached hydrogen (secondary N) is 2. The Morgan fingerprint density at radius 2 is 2.17 bits per heavy atom. The van der Waals surface area contributed by atoms with Gasteiger partial charge in [0.15, 0.2) is 5.96 Å². The molecule has 1 aromatic carbocycles. The van der Waals surface area contributed by atoms with Gasteiger partial charge in [-0.3, -0.25) is 4.99 Å². The molecule has 2 amide bonds. The number of rotatable bonds is 6. The lowest BCUT2D eigenvalue weighted by Gasteiger charge is -2.32. The van der Waals surface area contributed by atoms with Gasteiger partial charge in [-0.25, -0.2) is 4.79 Å². The van der Waals surface area contributed by atoms with Crippen molar-refractivity contribution >= 4 is 47.6 Å². The molecule has 164 valence electrons. The van der Waals surface area contributed by atoms with Gasteiger partial charge in [0.2, 0.25) is 11.7 Å². The van der Waals surface area contributed by atoms with Gasteiger partial charge in [-0.15, -0.1) is 24.0 Å². The zero-order chi connectivity index (χ0) is 20.6. The molecule has 3 rings (SSSR count). The minimum absolute atomic E-state index is 0. The fourth-order valence-corrected chi connectivity index (χ4v) is 3.31. The van der Waals surface area contributed by atoms with Crippen LogP contribution in [0, 0.1) is 0 Å². The first kappa shape index (κ1) is 24.2. The van der Waals surface area contributed by atoms with E-state index in [1.54, 1.807) is 17.0 Å². The smallest absolute Gasteiger partial charge is 0.314 e. The van der Waals surface area contributed by atoms with Crippen molar-refractivity contribution < 1.29 is 9.32 Å². The van der Waals surface area contributed by atoms with Crippen LogP contribution in [0.15, 0.2) is 33.8 Å². The first-order chi connectivity index (χ1) is 14.0. The number of nitrogens with zero attached hydrogens (tertiary/aromatic N) is 4. The number of hydrogen-bond acceptors (Lipinski definition) is 5. The number of halogens is 2. The largest absolute Gasteiger partial charge is 0.357 e. The molecule has 0 unspecified atom stereocenters. The number of nitrogens with two attached hydrogens (primary N) is 1. The number of aliphatic imine (C=N–C) groups is 1. The second kappa shape index (κ2) is 11.9. The molecule has 1 aliphatic heterocycles. The Kier molecular flexibility index (Phi) is 9.63. The summed E-state index contributed by atoms with van der Waals surface area (Å²) < 4.78 is 5.32. The van der Waals surface area contributed by atoms with Gasteiger partial charge in [-0.2, -0.15) is 4.98 Å². The van der Waals surface area contributed by atoms with Gasteiger partial charge in [0, 0.05) is 42.7 Å². The molecule has 9 nitrogen and oxygen atoms in total. The average molecular weight is 548 g/mol. The maximum atomic E-state index is 11.2. The van der Waals surface area contributed by atoms with Crippen molar-refractivity contribution in [3.8, 4) is 11.4 Å². The number of guanidine groups is 1. The van der Waals surface area contributed by atoms with Crippen molar-refractivity contribution in [2.24, 2.45) is 10.7 Å². The van der Waals surface area contributed by atoms with Crippen LogP contribution in [0.1, 0.15) is 25.7 Å². The Hall–Kier alpha value is -2.08. The van der Waals surface area contributed by atoms with E-state index in [-0.39, 0.29) is 36.0 Å². The predicted molar refractivity (Wildman–Crippen MR) is 127 cm³/mol. The van der Waals surface area contributed by atoms with Crippen molar-refractivity contribution in [3.63, 3.8) is 0 Å². The molecule has 0 saturated carbocycles. The molecule has 4 N–H and O–H groups in total. The summed E-state index contributed by atoms with van der Waals surface area (Å²) in [7, 11) is 0. The Labute approximate surface area is 197 Å². The molecular weight excluding hydrogens is 521 g/mol. The van der Waals surface area contributed by atoms with E-state index in [0.717, 1.165) is 30.9 Å². The monoisotopic (exact) mass is 547 g/mol. The lowest BCUT2D eigenvalue weighted by molar-refractivity contribution is 0.188. The lowest BCUT2D eigenvalue weighted by Crippen LogP contribution is -2.50. The van der Waals surface area contributed by atoms with Crippen LogP contribution in [0.3, 0.4) is 0 Å². The Balaban J connectivity index is 0.00000320. The van der Waals surface area contributed by atoms with E-state index < -0.39 is 0 Å². The van der Waals surface area contributed by atoms with E-state index in [9.17, 15) is 4.79 Å². The molecule has 1 fully saturated rings. The van der Waals surface area contributed by atoms with Gasteiger partial charge in [0.25, 0.3) is 0 Å². The van der Waals surface area contributed by atoms with Crippen LogP contribution in [0.25, 0.3) is 11.4 Å². The maximum absolute atomic E-state index is 11.2. The second-order valence-corrected chi connectivity index (χ2v) is 7.21. The molecule has 1 aliphatic rings. The molecule has 0 spiro atoms. The highest BCUT2D eigenvalue weighted by Gasteiger charge is 2.21. The molecule has 2 aromatic rings. The highest BCUT2D eigenvalue weighted by Crippen LogP contribution is 2.20. The topological polar surface area (TPSA) is 122 Å². The van der Waals surface area contributed by atoms with E-state index in [0.29, 0.717) is 42.8 Å². The number of carbonyl (C=O) groups is 1. The highest BCUT2D eigenvalue weighted by atomic mass is 127. The van der Waals surface area contributed by atoms with Crippen molar-refractivity contribution in [1.82, 2.24) is 25.7 Å². The normalized spacial score (nSPS) is 14.9. The number of urea groups is 1. The van der Waals surface area contributed by atoms with Crippen LogP contribution in [0.4, 0.5) is 4.79 Å². The van der Waals surface area contributed by atoms with Gasteiger partial charge in [0.1, 0.15) is 0 Å². The van der Waals surface area contributed by atoms with E-state index in [1.165, 1.54) is 0 Å². The Bertz CT molecular complexity index is 853. The van der Waals surface area contributed by atoms with Gasteiger partial charge in [-0.05, 0) is 31.9 Å². The van der Waals surface area contributed by atoms with Crippen LogP contribution in [0.5, 0.6) is 0 Å². The van der Waals surface area contributed by atoms with E-state index >= 15 is 0 Å². The van der Waals surface area contributed by atoms with E-state index in [1.807, 2.05) is 19.1 Å². The fourth-order valence-electron chi connectivity index (χ4n) is 3.12. The summed E-state index contributed by atoms with van der Waals surface area (Å²) in [5.74, 6) is 1.77. The zero-order valence-corrected chi connectivity index (χ0v) is 19.9. The van der Waals surface area contributed by atoms with Crippen LogP contribution in [-0.2, 0) is 6.42 Å². The maximum Gasteiger partial charge on any atom is 0.314 e. The molecule has 0 atom stereocenters. The average Bonchev–Trinajstić information content (AvgIpc) is 3.17. The summed E-state index contributed by atoms with van der Waals surface area (Å²) in [5.41, 5.74) is 6.15. The molecule has 30 heavy (non-hydrogen) atoms. The fraction of sp³-hybridized carbons (Fsp3) is 0.474. The minimum Gasteiger partial charge on any atom is -0.357 e. The summed E-state index contributed by atoms with van der Waals surface area (Å²) in [5, 5.41) is 11.3. The molecule has 0 bridgehead atoms. The zero-order valence-electron chi connectivity index (χ0n) is 16.8. The number of hydrogen-bond donors (Lipinski definition) is 3. The number of benzene rings is 1. The number of aromatic nitrogens is 2.